The number of aromatic nitrogens is 2. The van der Waals surface area contributed by atoms with E-state index in [1.807, 2.05) is 0 Å². The molecule has 0 aliphatic carbocycles. The van der Waals surface area contributed by atoms with Crippen molar-refractivity contribution in [1.82, 2.24) is 4.57 Å². The predicted octanol–water partition coefficient (Wildman–Crippen LogP) is 5.97. The van der Waals surface area contributed by atoms with Crippen LogP contribution in [0.1, 0.15) is 47.6 Å². The summed E-state index contributed by atoms with van der Waals surface area (Å²) in [6, 6.07) is 13.8. The van der Waals surface area contributed by atoms with Crippen molar-refractivity contribution < 1.29 is 4.57 Å². The fourth-order valence-corrected chi connectivity index (χ4v) is 4.36. The Morgan fingerprint density at radius 2 is 1.59 bits per heavy atom. The van der Waals surface area contributed by atoms with Gasteiger partial charge in [-0.05, 0) is 68.5 Å². The van der Waals surface area contributed by atoms with Gasteiger partial charge >= 0.3 is 0 Å². The summed E-state index contributed by atoms with van der Waals surface area (Å²) in [7, 11) is 2.15. The Morgan fingerprint density at radius 3 is 2.30 bits per heavy atom. The van der Waals surface area contributed by atoms with E-state index in [2.05, 4.69) is 100 Å². The van der Waals surface area contributed by atoms with Crippen LogP contribution in [0.25, 0.3) is 27.6 Å². The maximum absolute atomic E-state index is 2.46. The monoisotopic (exact) mass is 357 g/mol. The first-order chi connectivity index (χ1) is 12.8. The van der Waals surface area contributed by atoms with Crippen molar-refractivity contribution in [3.8, 4) is 5.82 Å². The molecule has 4 rings (SSSR count). The Bertz CT molecular complexity index is 1190. The lowest BCUT2D eigenvalue weighted by Crippen LogP contribution is -2.34. The third-order valence-corrected chi connectivity index (χ3v) is 5.95. The fraction of sp³-hybridized carbons (Fsp3) is 0.320. The molecule has 0 amide bonds. The SMILES string of the molecule is Cc1ccc2c(c1)c1ccc(C(C)C)c(C)c1n2-c1cc(C)c(C)c[n+]1C. The van der Waals surface area contributed by atoms with Crippen molar-refractivity contribution in [3.05, 3.63) is 70.4 Å². The molecular weight excluding hydrogens is 328 g/mol. The molecule has 2 heterocycles. The summed E-state index contributed by atoms with van der Waals surface area (Å²) in [5.74, 6) is 1.72. The Kier molecular flexibility index (Phi) is 4.10. The molecular formula is C25H29N2+. The molecule has 0 spiro atoms. The van der Waals surface area contributed by atoms with Gasteiger partial charge in [0.25, 0.3) is 5.82 Å². The van der Waals surface area contributed by atoms with Crippen LogP contribution in [0.5, 0.6) is 0 Å². The highest BCUT2D eigenvalue weighted by Crippen LogP contribution is 2.36. The Morgan fingerprint density at radius 1 is 0.852 bits per heavy atom. The summed E-state index contributed by atoms with van der Waals surface area (Å²) in [6.07, 6.45) is 2.23. The molecule has 27 heavy (non-hydrogen) atoms. The van der Waals surface area contributed by atoms with Gasteiger partial charge in [-0.3, -0.25) is 0 Å². The highest BCUT2D eigenvalue weighted by molar-refractivity contribution is 6.10. The van der Waals surface area contributed by atoms with E-state index in [-0.39, 0.29) is 0 Å². The summed E-state index contributed by atoms with van der Waals surface area (Å²) < 4.78 is 4.71. The third kappa shape index (κ3) is 2.66. The number of hydrogen-bond donors (Lipinski definition) is 0. The second-order valence-corrected chi connectivity index (χ2v) is 8.30. The van der Waals surface area contributed by atoms with E-state index in [1.54, 1.807) is 0 Å². The molecule has 0 aliphatic heterocycles. The zero-order valence-corrected chi connectivity index (χ0v) is 17.5. The van der Waals surface area contributed by atoms with Gasteiger partial charge in [0, 0.05) is 22.4 Å². The second-order valence-electron chi connectivity index (χ2n) is 8.30. The average molecular weight is 358 g/mol. The average Bonchev–Trinajstić information content (AvgIpc) is 2.92. The Hall–Kier alpha value is -2.61. The molecule has 4 aromatic rings. The van der Waals surface area contributed by atoms with E-state index >= 15 is 0 Å². The highest BCUT2D eigenvalue weighted by atomic mass is 15.1. The number of pyridine rings is 1. The van der Waals surface area contributed by atoms with Gasteiger partial charge < -0.3 is 0 Å². The molecule has 2 aromatic heterocycles. The fourth-order valence-electron chi connectivity index (χ4n) is 4.36. The maximum atomic E-state index is 2.46. The first-order valence-electron chi connectivity index (χ1n) is 9.81. The minimum absolute atomic E-state index is 0.510. The molecule has 2 aromatic carbocycles. The zero-order valence-electron chi connectivity index (χ0n) is 17.5. The lowest BCUT2D eigenvalue weighted by molar-refractivity contribution is -0.665. The van der Waals surface area contributed by atoms with E-state index in [0.29, 0.717) is 5.92 Å². The van der Waals surface area contributed by atoms with E-state index in [9.17, 15) is 0 Å². The predicted molar refractivity (Wildman–Crippen MR) is 115 cm³/mol. The molecule has 0 aliphatic rings. The Balaban J connectivity index is 2.24. The lowest BCUT2D eigenvalue weighted by Gasteiger charge is -2.12. The van der Waals surface area contributed by atoms with Crippen LogP contribution in [0.15, 0.2) is 42.6 Å². The molecule has 0 saturated heterocycles. The first-order valence-corrected chi connectivity index (χ1v) is 9.81. The topological polar surface area (TPSA) is 8.81 Å². The first kappa shape index (κ1) is 17.8. The molecule has 0 radical (unpaired) electrons. The summed E-state index contributed by atoms with van der Waals surface area (Å²) in [5.41, 5.74) is 9.36. The summed E-state index contributed by atoms with van der Waals surface area (Å²) in [6.45, 7) is 13.4. The number of aryl methyl sites for hydroxylation is 5. The van der Waals surface area contributed by atoms with Crippen molar-refractivity contribution >= 4 is 21.8 Å². The molecule has 2 nitrogen and oxygen atoms in total. The number of nitrogens with zero attached hydrogens (tertiary/aromatic N) is 2. The molecule has 0 fully saturated rings. The molecule has 138 valence electrons. The van der Waals surface area contributed by atoms with Crippen molar-refractivity contribution in [2.45, 2.75) is 47.5 Å². The van der Waals surface area contributed by atoms with Gasteiger partial charge in [-0.2, -0.15) is 4.57 Å². The molecule has 0 atom stereocenters. The molecule has 0 N–H and O–H groups in total. The standard InChI is InChI=1S/C25H29N2/c1-15(2)20-9-10-21-22-12-16(3)8-11-23(22)27(25(21)19(20)6)24-13-17(4)18(5)14-26(24)7/h8-15H,1-7H3/q+1. The van der Waals surface area contributed by atoms with Crippen molar-refractivity contribution in [3.63, 3.8) is 0 Å². The van der Waals surface area contributed by atoms with Crippen molar-refractivity contribution in [2.24, 2.45) is 7.05 Å². The van der Waals surface area contributed by atoms with Crippen LogP contribution in [0.3, 0.4) is 0 Å². The van der Waals surface area contributed by atoms with Gasteiger partial charge in [0.05, 0.1) is 13.2 Å². The van der Waals surface area contributed by atoms with Gasteiger partial charge in [-0.25, -0.2) is 4.57 Å². The van der Waals surface area contributed by atoms with Gasteiger partial charge in [0.15, 0.2) is 0 Å². The number of benzene rings is 2. The van der Waals surface area contributed by atoms with Gasteiger partial charge in [-0.1, -0.05) is 31.5 Å². The summed E-state index contributed by atoms with van der Waals surface area (Å²) in [5, 5.41) is 2.68. The van der Waals surface area contributed by atoms with Gasteiger partial charge in [-0.15, -0.1) is 0 Å². The number of fused-ring (bicyclic) bond motifs is 3. The smallest absolute Gasteiger partial charge is 0.236 e. The van der Waals surface area contributed by atoms with Crippen LogP contribution in [0.4, 0.5) is 0 Å². The molecule has 2 heteroatoms. The van der Waals surface area contributed by atoms with Crippen LogP contribution in [0.2, 0.25) is 0 Å². The van der Waals surface area contributed by atoms with Crippen LogP contribution in [-0.4, -0.2) is 4.57 Å². The van der Waals surface area contributed by atoms with Gasteiger partial charge in [0.2, 0.25) is 0 Å². The minimum atomic E-state index is 0.510. The summed E-state index contributed by atoms with van der Waals surface area (Å²) >= 11 is 0. The largest absolute Gasteiger partial charge is 0.286 e. The van der Waals surface area contributed by atoms with E-state index < -0.39 is 0 Å². The van der Waals surface area contributed by atoms with Crippen LogP contribution in [0, 0.1) is 27.7 Å². The summed E-state index contributed by atoms with van der Waals surface area (Å²) in [4.78, 5) is 0. The van der Waals surface area contributed by atoms with E-state index in [0.717, 1.165) is 0 Å². The maximum Gasteiger partial charge on any atom is 0.286 e. The van der Waals surface area contributed by atoms with Crippen molar-refractivity contribution in [2.75, 3.05) is 0 Å². The normalized spacial score (nSPS) is 11.9. The van der Waals surface area contributed by atoms with Gasteiger partial charge in [0.1, 0.15) is 11.0 Å². The van der Waals surface area contributed by atoms with Crippen LogP contribution in [-0.2, 0) is 7.05 Å². The minimum Gasteiger partial charge on any atom is -0.236 e. The van der Waals surface area contributed by atoms with Crippen LogP contribution < -0.4 is 4.57 Å². The lowest BCUT2D eigenvalue weighted by atomic mass is 9.95. The Labute approximate surface area is 162 Å². The molecule has 0 saturated carbocycles. The van der Waals surface area contributed by atoms with E-state index in [1.165, 1.54) is 55.4 Å². The molecule has 0 bridgehead atoms. The third-order valence-electron chi connectivity index (χ3n) is 5.95. The number of hydrogen-bond acceptors (Lipinski definition) is 0. The van der Waals surface area contributed by atoms with Crippen molar-refractivity contribution in [1.29, 1.82) is 0 Å². The quantitative estimate of drug-likeness (QED) is 0.391. The zero-order chi connectivity index (χ0) is 19.5. The second kappa shape index (κ2) is 6.23. The van der Waals surface area contributed by atoms with E-state index in [4.69, 9.17) is 0 Å². The molecule has 0 unspecified atom stereocenters. The highest BCUT2D eigenvalue weighted by Gasteiger charge is 2.24. The van der Waals surface area contributed by atoms with Crippen LogP contribution >= 0.6 is 0 Å². The number of rotatable bonds is 2.